The first-order valence-corrected chi connectivity index (χ1v) is 19.1. The van der Waals surface area contributed by atoms with E-state index in [4.69, 9.17) is 10.3 Å². The summed E-state index contributed by atoms with van der Waals surface area (Å²) in [5.41, 5.74) is 11.0. The van der Waals surface area contributed by atoms with Crippen LogP contribution >= 0.6 is 22.6 Å². The van der Waals surface area contributed by atoms with Gasteiger partial charge in [0.15, 0.2) is 5.76 Å². The van der Waals surface area contributed by atoms with E-state index in [1.807, 2.05) is 18.2 Å². The lowest BCUT2D eigenvalue weighted by atomic mass is 9.33. The maximum atomic E-state index is 14.5. The highest BCUT2D eigenvalue weighted by Crippen LogP contribution is 2.75. The number of fused-ring (bicyclic) bond motifs is 7. The lowest BCUT2D eigenvalue weighted by Crippen LogP contribution is -2.66. The molecule has 4 saturated carbocycles. The van der Waals surface area contributed by atoms with Crippen LogP contribution in [0.5, 0.6) is 0 Å². The zero-order valence-corrected chi connectivity index (χ0v) is 31.4. The molecule has 0 spiro atoms. The van der Waals surface area contributed by atoms with Gasteiger partial charge in [-0.1, -0.05) is 83.5 Å². The van der Waals surface area contributed by atoms with Gasteiger partial charge in [-0.3, -0.25) is 4.79 Å². The number of aromatic nitrogens is 1. The molecule has 4 fully saturated rings. The minimum absolute atomic E-state index is 0.113. The van der Waals surface area contributed by atoms with Crippen molar-refractivity contribution in [1.29, 1.82) is 0 Å². The van der Waals surface area contributed by atoms with Gasteiger partial charge < -0.3 is 15.6 Å². The minimum Gasteiger partial charge on any atom is -0.359 e. The number of rotatable bonds is 4. The van der Waals surface area contributed by atoms with Crippen LogP contribution in [-0.4, -0.2) is 17.1 Å². The molecule has 5 aliphatic carbocycles. The smallest absolute Gasteiger partial charge is 0.227 e. The highest BCUT2D eigenvalue weighted by atomic mass is 127. The molecule has 0 saturated heterocycles. The molecule has 1 heterocycles. The molecule has 8 atom stereocenters. The van der Waals surface area contributed by atoms with Crippen molar-refractivity contribution >= 4 is 28.5 Å². The van der Waals surface area contributed by atoms with E-state index >= 15 is 0 Å². The van der Waals surface area contributed by atoms with Gasteiger partial charge in [0, 0.05) is 21.2 Å². The molecule has 2 unspecified atom stereocenters. The van der Waals surface area contributed by atoms with Gasteiger partial charge >= 0.3 is 0 Å². The summed E-state index contributed by atoms with van der Waals surface area (Å²) in [6, 6.07) is 10.5. The molecule has 1 aromatic carbocycles. The Kier molecular flexibility index (Phi) is 7.80. The molecule has 6 heteroatoms. The van der Waals surface area contributed by atoms with Crippen molar-refractivity contribution in [2.24, 2.45) is 56.0 Å². The molecule has 0 bridgehead atoms. The van der Waals surface area contributed by atoms with E-state index in [0.717, 1.165) is 59.8 Å². The van der Waals surface area contributed by atoms with E-state index in [2.05, 4.69) is 99.7 Å². The van der Waals surface area contributed by atoms with Gasteiger partial charge in [-0.25, -0.2) is 0 Å². The van der Waals surface area contributed by atoms with Crippen molar-refractivity contribution in [2.45, 2.75) is 125 Å². The average molecular weight is 738 g/mol. The zero-order valence-electron chi connectivity index (χ0n) is 29.3. The number of carbonyl (C=O) groups is 1. The Morgan fingerprint density at radius 3 is 2.48 bits per heavy atom. The Morgan fingerprint density at radius 1 is 0.978 bits per heavy atom. The van der Waals surface area contributed by atoms with Crippen LogP contribution < -0.4 is 11.1 Å². The minimum atomic E-state index is -0.359. The van der Waals surface area contributed by atoms with Crippen molar-refractivity contribution in [3.05, 3.63) is 51.3 Å². The van der Waals surface area contributed by atoms with Crippen molar-refractivity contribution < 1.29 is 9.32 Å². The molecule has 5 aliphatic rings. The van der Waals surface area contributed by atoms with Gasteiger partial charge in [0.05, 0.1) is 12.0 Å². The number of allylic oxidation sites excluding steroid dienone is 2. The number of benzene rings is 1. The predicted octanol–water partition coefficient (Wildman–Crippen LogP) is 9.69. The van der Waals surface area contributed by atoms with Crippen molar-refractivity contribution in [3.63, 3.8) is 0 Å². The first-order valence-electron chi connectivity index (χ1n) is 18.0. The predicted molar refractivity (Wildman–Crippen MR) is 194 cm³/mol. The van der Waals surface area contributed by atoms with Crippen molar-refractivity contribution in [1.82, 2.24) is 10.5 Å². The fourth-order valence-electron chi connectivity index (χ4n) is 12.2. The topological polar surface area (TPSA) is 81.2 Å². The van der Waals surface area contributed by atoms with Gasteiger partial charge in [-0.15, -0.1) is 0 Å². The molecule has 3 N–H and O–H groups in total. The number of amides is 1. The lowest BCUT2D eigenvalue weighted by Gasteiger charge is -2.71. The number of halogens is 1. The van der Waals surface area contributed by atoms with Crippen LogP contribution in [0.25, 0.3) is 11.3 Å². The Bertz CT molecular complexity index is 1560. The molecule has 46 heavy (non-hydrogen) atoms. The van der Waals surface area contributed by atoms with Crippen LogP contribution in [0.15, 0.2) is 46.5 Å². The molecule has 1 aromatic heterocycles. The number of hydrogen-bond donors (Lipinski definition) is 2. The quantitative estimate of drug-likeness (QED) is 0.242. The zero-order chi connectivity index (χ0) is 32.9. The normalized spacial score (nSPS) is 40.8. The molecule has 2 aromatic rings. The van der Waals surface area contributed by atoms with Gasteiger partial charge in [0.25, 0.3) is 0 Å². The van der Waals surface area contributed by atoms with Crippen LogP contribution in [0.2, 0.25) is 0 Å². The maximum absolute atomic E-state index is 14.5. The molecule has 7 rings (SSSR count). The van der Waals surface area contributed by atoms with Crippen LogP contribution in [0, 0.1) is 53.8 Å². The Hall–Kier alpha value is -1.67. The summed E-state index contributed by atoms with van der Waals surface area (Å²) in [5.74, 6) is 2.54. The van der Waals surface area contributed by atoms with Gasteiger partial charge in [0.1, 0.15) is 5.69 Å². The van der Waals surface area contributed by atoms with E-state index < -0.39 is 0 Å². The number of nitrogens with zero attached hydrogens (tertiary/aromatic N) is 1. The van der Waals surface area contributed by atoms with Gasteiger partial charge in [-0.2, -0.15) is 0 Å². The monoisotopic (exact) mass is 737 g/mol. The highest BCUT2D eigenvalue weighted by Gasteiger charge is 2.69. The molecule has 250 valence electrons. The summed E-state index contributed by atoms with van der Waals surface area (Å²) in [4.78, 5) is 14.5. The Labute approximate surface area is 290 Å². The molecular weight excluding hydrogens is 681 g/mol. The fourth-order valence-corrected chi connectivity index (χ4v) is 12.9. The fraction of sp³-hybridized carbons (Fsp3) is 0.700. The third-order valence-corrected chi connectivity index (χ3v) is 16.3. The number of carbonyl (C=O) groups excluding carboxylic acids is 1. The molecule has 0 aliphatic heterocycles. The Balaban J connectivity index is 1.18. The number of nitrogens with two attached hydrogens (primary N) is 1. The number of hydrogen-bond acceptors (Lipinski definition) is 4. The second-order valence-corrected chi connectivity index (χ2v) is 19.3. The van der Waals surface area contributed by atoms with E-state index in [1.54, 1.807) is 5.57 Å². The second kappa shape index (κ2) is 10.9. The van der Waals surface area contributed by atoms with E-state index in [1.165, 1.54) is 19.3 Å². The maximum Gasteiger partial charge on any atom is 0.227 e. The first-order chi connectivity index (χ1) is 21.6. The van der Waals surface area contributed by atoms with Crippen LogP contribution in [0.4, 0.5) is 0 Å². The first kappa shape index (κ1) is 32.9. The van der Waals surface area contributed by atoms with Crippen LogP contribution in [0.3, 0.4) is 0 Å². The summed E-state index contributed by atoms with van der Waals surface area (Å²) in [6.45, 7) is 18.0. The third-order valence-electron chi connectivity index (χ3n) is 15.3. The van der Waals surface area contributed by atoms with E-state index in [9.17, 15) is 4.79 Å². The van der Waals surface area contributed by atoms with Crippen molar-refractivity contribution in [3.8, 4) is 11.3 Å². The highest BCUT2D eigenvalue weighted by molar-refractivity contribution is 14.1. The lowest BCUT2D eigenvalue weighted by molar-refractivity contribution is -0.186. The van der Waals surface area contributed by atoms with E-state index in [-0.39, 0.29) is 38.9 Å². The van der Waals surface area contributed by atoms with Crippen LogP contribution in [0.1, 0.15) is 118 Å². The molecule has 5 nitrogen and oxygen atoms in total. The van der Waals surface area contributed by atoms with Crippen LogP contribution in [-0.2, 0) is 11.3 Å². The summed E-state index contributed by atoms with van der Waals surface area (Å²) in [6.07, 6.45) is 14.0. The number of nitrogens with one attached hydrogen (secondary N) is 1. The molecule has 0 radical (unpaired) electrons. The molecular formula is C40H56IN3O2. The molecule has 1 amide bonds. The largest absolute Gasteiger partial charge is 0.359 e. The standard InChI is InChI=1S/C40H56IN3O2/c1-35(2)18-20-40(34(45)43-24-25-22-30(44-46-25)26-10-8-9-11-29(26)41)21-19-38(6)27(28(40)23-35)12-13-32-37(5)16-15-33(42)36(3,4)31(37)14-17-39(32,38)7/h8-12,22,28,31-33H,13-21,23-24,42H2,1-7H3,(H,43,45)/t28-,31?,32?,33-,37-,38+,39+,40-/m0/s1. The summed E-state index contributed by atoms with van der Waals surface area (Å²) >= 11 is 2.34. The third kappa shape index (κ3) is 4.68. The van der Waals surface area contributed by atoms with E-state index in [0.29, 0.717) is 35.6 Å². The summed E-state index contributed by atoms with van der Waals surface area (Å²) < 4.78 is 6.87. The average Bonchev–Trinajstić information content (AvgIpc) is 3.47. The second-order valence-electron chi connectivity index (χ2n) is 18.2. The van der Waals surface area contributed by atoms with Gasteiger partial charge in [0.2, 0.25) is 5.91 Å². The Morgan fingerprint density at radius 2 is 1.72 bits per heavy atom. The summed E-state index contributed by atoms with van der Waals surface area (Å²) in [7, 11) is 0. The van der Waals surface area contributed by atoms with Crippen molar-refractivity contribution in [2.75, 3.05) is 0 Å². The van der Waals surface area contributed by atoms with Gasteiger partial charge in [-0.05, 0) is 138 Å². The SMILES string of the molecule is CC1(C)CC[C@]2(C(=O)NCc3cc(-c4ccccc4I)no3)CC[C@]3(C)C(=CCC4[C@@]5(C)CC[C@H](N)C(C)(C)C5CC[C@]43C)[C@@H]2C1. The summed E-state index contributed by atoms with van der Waals surface area (Å²) in [5, 5.41) is 7.73.